The van der Waals surface area contributed by atoms with Crippen LogP contribution in [0.5, 0.6) is 0 Å². The van der Waals surface area contributed by atoms with E-state index < -0.39 is 23.5 Å². The molecule has 7 heteroatoms. The molecule has 0 radical (unpaired) electrons. The third-order valence-electron chi connectivity index (χ3n) is 5.14. The van der Waals surface area contributed by atoms with Crippen molar-refractivity contribution in [1.82, 2.24) is 4.90 Å². The Bertz CT molecular complexity index is 1110. The van der Waals surface area contributed by atoms with Gasteiger partial charge < -0.3 is 23.7 Å². The summed E-state index contributed by atoms with van der Waals surface area (Å²) in [5.41, 5.74) is 1.68. The van der Waals surface area contributed by atoms with Gasteiger partial charge in [0.15, 0.2) is 11.5 Å². The number of amides is 1. The first-order valence-corrected chi connectivity index (χ1v) is 9.51. The van der Waals surface area contributed by atoms with Gasteiger partial charge in [0.05, 0.1) is 24.4 Å². The second-order valence-electron chi connectivity index (χ2n) is 7.40. The quantitative estimate of drug-likeness (QED) is 0.622. The molecule has 1 aliphatic rings. The molecule has 0 saturated carbocycles. The Kier molecular flexibility index (Phi) is 4.95. The Morgan fingerprint density at radius 1 is 1.13 bits per heavy atom. The number of carbonyl (C=O) groups is 2. The van der Waals surface area contributed by atoms with Gasteiger partial charge in [0.2, 0.25) is 5.78 Å². The van der Waals surface area contributed by atoms with Crippen LogP contribution in [0, 0.1) is 6.92 Å². The molecule has 3 aromatic rings. The predicted molar refractivity (Wildman–Crippen MR) is 110 cm³/mol. The number of benzene rings is 1. The first kappa shape index (κ1) is 19.6. The van der Waals surface area contributed by atoms with E-state index in [0.29, 0.717) is 17.1 Å². The lowest BCUT2D eigenvalue weighted by molar-refractivity contribution is -0.130. The minimum atomic E-state index is -0.767. The van der Waals surface area contributed by atoms with Gasteiger partial charge in [-0.2, -0.15) is 0 Å². The molecule has 0 saturated heterocycles. The van der Waals surface area contributed by atoms with Crippen LogP contribution in [0.2, 0.25) is 0 Å². The van der Waals surface area contributed by atoms with E-state index in [9.17, 15) is 14.7 Å². The molecule has 1 aliphatic heterocycles. The van der Waals surface area contributed by atoms with Gasteiger partial charge in [-0.25, -0.2) is 0 Å². The molecule has 0 bridgehead atoms. The van der Waals surface area contributed by atoms with E-state index in [0.717, 1.165) is 5.69 Å². The molecule has 0 fully saturated rings. The molecule has 3 heterocycles. The number of hydrogen-bond donors (Lipinski definition) is 1. The van der Waals surface area contributed by atoms with Crippen LogP contribution in [-0.2, 0) is 11.3 Å². The second kappa shape index (κ2) is 7.59. The number of rotatable bonds is 6. The molecule has 1 N–H and O–H groups in total. The van der Waals surface area contributed by atoms with Crippen LogP contribution in [0.25, 0.3) is 0 Å². The zero-order valence-electron chi connectivity index (χ0n) is 17.0. The lowest BCUT2D eigenvalue weighted by Gasteiger charge is -2.26. The van der Waals surface area contributed by atoms with Crippen LogP contribution in [0.4, 0.5) is 5.69 Å². The van der Waals surface area contributed by atoms with Crippen molar-refractivity contribution in [3.63, 3.8) is 0 Å². The van der Waals surface area contributed by atoms with E-state index in [1.54, 1.807) is 31.2 Å². The maximum absolute atomic E-state index is 13.2. The standard InChI is InChI=1S/C23H22N2O5/c1-14-6-11-18(30-14)21(26)19-20(15-7-9-16(10-8-15)24(2)3)25(23(28)22(19)27)13-17-5-4-12-29-17/h4-12,20,27H,13H2,1-3H3/t20-/m1/s1. The Morgan fingerprint density at radius 2 is 1.87 bits per heavy atom. The SMILES string of the molecule is Cc1ccc(C(=O)C2=C(O)C(=O)N(Cc3ccco3)[C@@H]2c2ccc(N(C)C)cc2)o1. The fourth-order valence-electron chi connectivity index (χ4n) is 3.61. The molecule has 2 aromatic heterocycles. The Labute approximate surface area is 173 Å². The summed E-state index contributed by atoms with van der Waals surface area (Å²) >= 11 is 0. The molecule has 154 valence electrons. The number of furan rings is 2. The lowest BCUT2D eigenvalue weighted by Crippen LogP contribution is -2.30. The highest BCUT2D eigenvalue weighted by Crippen LogP contribution is 2.40. The molecule has 1 amide bonds. The number of aliphatic hydroxyl groups is 1. The van der Waals surface area contributed by atoms with Gasteiger partial charge >= 0.3 is 0 Å². The zero-order chi connectivity index (χ0) is 21.4. The van der Waals surface area contributed by atoms with Crippen LogP contribution >= 0.6 is 0 Å². The summed E-state index contributed by atoms with van der Waals surface area (Å²) in [6, 6.07) is 13.4. The molecule has 7 nitrogen and oxygen atoms in total. The van der Waals surface area contributed by atoms with E-state index >= 15 is 0 Å². The van der Waals surface area contributed by atoms with Gasteiger partial charge in [-0.05, 0) is 48.9 Å². The summed E-state index contributed by atoms with van der Waals surface area (Å²) < 4.78 is 10.9. The van der Waals surface area contributed by atoms with Crippen molar-refractivity contribution in [2.24, 2.45) is 0 Å². The third-order valence-corrected chi connectivity index (χ3v) is 5.14. The van der Waals surface area contributed by atoms with Crippen LogP contribution in [0.15, 0.2) is 75.0 Å². The highest BCUT2D eigenvalue weighted by atomic mass is 16.3. The summed E-state index contributed by atoms with van der Waals surface area (Å²) in [4.78, 5) is 29.5. The number of ketones is 1. The van der Waals surface area contributed by atoms with Crippen LogP contribution < -0.4 is 4.90 Å². The highest BCUT2D eigenvalue weighted by Gasteiger charge is 2.44. The average molecular weight is 406 g/mol. The summed E-state index contributed by atoms with van der Waals surface area (Å²) in [5, 5.41) is 10.7. The number of nitrogens with zero attached hydrogens (tertiary/aromatic N) is 2. The first-order chi connectivity index (χ1) is 14.4. The van der Waals surface area contributed by atoms with E-state index in [2.05, 4.69) is 0 Å². The number of anilines is 1. The number of aliphatic hydroxyl groups excluding tert-OH is 1. The Hall–Kier alpha value is -3.74. The number of hydrogen-bond acceptors (Lipinski definition) is 6. The van der Waals surface area contributed by atoms with E-state index in [1.807, 2.05) is 43.3 Å². The van der Waals surface area contributed by atoms with Crippen molar-refractivity contribution in [3.8, 4) is 0 Å². The van der Waals surface area contributed by atoms with Crippen molar-refractivity contribution >= 4 is 17.4 Å². The van der Waals surface area contributed by atoms with Crippen molar-refractivity contribution in [2.45, 2.75) is 19.5 Å². The molecule has 30 heavy (non-hydrogen) atoms. The summed E-state index contributed by atoms with van der Waals surface area (Å²) in [6.07, 6.45) is 1.52. The predicted octanol–water partition coefficient (Wildman–Crippen LogP) is 4.03. The van der Waals surface area contributed by atoms with Gasteiger partial charge in [0.1, 0.15) is 11.5 Å². The van der Waals surface area contributed by atoms with E-state index in [1.165, 1.54) is 11.2 Å². The minimum Gasteiger partial charge on any atom is -0.503 e. The normalized spacial score (nSPS) is 16.4. The van der Waals surface area contributed by atoms with Gasteiger partial charge in [-0.15, -0.1) is 0 Å². The van der Waals surface area contributed by atoms with Crippen molar-refractivity contribution in [2.75, 3.05) is 19.0 Å². The molecular formula is C23H22N2O5. The third kappa shape index (κ3) is 3.39. The van der Waals surface area contributed by atoms with Crippen LogP contribution in [0.3, 0.4) is 0 Å². The molecule has 0 aliphatic carbocycles. The van der Waals surface area contributed by atoms with Crippen LogP contribution in [-0.4, -0.2) is 35.8 Å². The van der Waals surface area contributed by atoms with Gasteiger partial charge in [0, 0.05) is 19.8 Å². The summed E-state index contributed by atoms with van der Waals surface area (Å²) in [7, 11) is 3.86. The second-order valence-corrected chi connectivity index (χ2v) is 7.40. The van der Waals surface area contributed by atoms with E-state index in [4.69, 9.17) is 8.83 Å². The topological polar surface area (TPSA) is 87.1 Å². The van der Waals surface area contributed by atoms with Gasteiger partial charge in [0.25, 0.3) is 5.91 Å². The number of Topliss-reactive ketones (excluding diaryl/α,β-unsaturated/α-hetero) is 1. The van der Waals surface area contributed by atoms with Gasteiger partial charge in [-0.1, -0.05) is 12.1 Å². The number of carbonyl (C=O) groups excluding carboxylic acids is 2. The molecule has 4 rings (SSSR count). The van der Waals surface area contributed by atoms with Crippen LogP contribution in [0.1, 0.15) is 33.7 Å². The smallest absolute Gasteiger partial charge is 0.290 e. The van der Waals surface area contributed by atoms with Gasteiger partial charge in [-0.3, -0.25) is 9.59 Å². The maximum atomic E-state index is 13.2. The summed E-state index contributed by atoms with van der Waals surface area (Å²) in [5.74, 6) is -0.508. The Balaban J connectivity index is 1.79. The molecule has 1 atom stereocenters. The molecular weight excluding hydrogens is 384 g/mol. The number of aryl methyl sites for hydroxylation is 1. The Morgan fingerprint density at radius 3 is 2.43 bits per heavy atom. The molecule has 0 unspecified atom stereocenters. The molecule has 0 spiro atoms. The lowest BCUT2D eigenvalue weighted by atomic mass is 9.95. The maximum Gasteiger partial charge on any atom is 0.290 e. The highest BCUT2D eigenvalue weighted by molar-refractivity contribution is 6.15. The largest absolute Gasteiger partial charge is 0.503 e. The fourth-order valence-corrected chi connectivity index (χ4v) is 3.61. The minimum absolute atomic E-state index is 0.00138. The molecule has 1 aromatic carbocycles. The van der Waals surface area contributed by atoms with Crippen molar-refractivity contribution in [3.05, 3.63) is 89.0 Å². The first-order valence-electron chi connectivity index (χ1n) is 9.51. The average Bonchev–Trinajstić information content (AvgIpc) is 3.45. The fraction of sp³-hybridized carbons (Fsp3) is 0.217. The van der Waals surface area contributed by atoms with E-state index in [-0.39, 0.29) is 17.9 Å². The monoisotopic (exact) mass is 406 g/mol. The van der Waals surface area contributed by atoms with Crippen molar-refractivity contribution in [1.29, 1.82) is 0 Å². The van der Waals surface area contributed by atoms with Crippen molar-refractivity contribution < 1.29 is 23.5 Å². The summed E-state index contributed by atoms with van der Waals surface area (Å²) in [6.45, 7) is 1.84. The zero-order valence-corrected chi connectivity index (χ0v) is 17.0.